The van der Waals surface area contributed by atoms with E-state index in [-0.39, 0.29) is 18.8 Å². The Morgan fingerprint density at radius 2 is 1.80 bits per heavy atom. The largest absolute Gasteiger partial charge is 0.490 e. The summed E-state index contributed by atoms with van der Waals surface area (Å²) in [6.07, 6.45) is 2.67. The number of hydrogen-bond donors (Lipinski definition) is 4. The monoisotopic (exact) mass is 692 g/mol. The van der Waals surface area contributed by atoms with Gasteiger partial charge in [0.05, 0.1) is 38.2 Å². The molecule has 0 fully saturated rings. The van der Waals surface area contributed by atoms with Crippen LogP contribution in [0.2, 0.25) is 5.02 Å². The summed E-state index contributed by atoms with van der Waals surface area (Å²) in [5, 5.41) is 20.8. The summed E-state index contributed by atoms with van der Waals surface area (Å²) in [5.41, 5.74) is 6.30. The van der Waals surface area contributed by atoms with E-state index >= 15 is 0 Å². The normalized spacial score (nSPS) is 14.8. The highest BCUT2D eigenvalue weighted by atomic mass is 35.5. The Morgan fingerprint density at radius 3 is 2.51 bits per heavy atom. The van der Waals surface area contributed by atoms with Gasteiger partial charge in [0.15, 0.2) is 29.2 Å². The van der Waals surface area contributed by atoms with Crippen LogP contribution in [-0.4, -0.2) is 56.5 Å². The average Bonchev–Trinajstić information content (AvgIpc) is 3.08. The molecule has 0 bridgehead atoms. The summed E-state index contributed by atoms with van der Waals surface area (Å²) in [6.45, 7) is 10.0. The molecular formula is C36H41ClN4O8. The van der Waals surface area contributed by atoms with Gasteiger partial charge in [-0.3, -0.25) is 5.43 Å². The van der Waals surface area contributed by atoms with Gasteiger partial charge >= 0.3 is 12.0 Å². The van der Waals surface area contributed by atoms with E-state index in [1.807, 2.05) is 44.2 Å². The maximum atomic E-state index is 12.5. The van der Waals surface area contributed by atoms with Crippen LogP contribution in [0.1, 0.15) is 49.1 Å². The van der Waals surface area contributed by atoms with Gasteiger partial charge < -0.3 is 39.4 Å². The molecule has 13 heteroatoms. The molecule has 0 saturated carbocycles. The van der Waals surface area contributed by atoms with Crippen molar-refractivity contribution in [3.05, 3.63) is 106 Å². The molecule has 2 atom stereocenters. The first-order chi connectivity index (χ1) is 23.7. The van der Waals surface area contributed by atoms with Gasteiger partial charge in [0.25, 0.3) is 0 Å². The molecule has 49 heavy (non-hydrogen) atoms. The van der Waals surface area contributed by atoms with Crippen LogP contribution in [0.3, 0.4) is 0 Å². The summed E-state index contributed by atoms with van der Waals surface area (Å²) in [5.74, 6) is 1.26. The molecular weight excluding hydrogens is 652 g/mol. The molecule has 0 aromatic heterocycles. The summed E-state index contributed by atoms with van der Waals surface area (Å²) in [4.78, 5) is 24.7. The fourth-order valence-electron chi connectivity index (χ4n) is 5.08. The highest BCUT2D eigenvalue weighted by Crippen LogP contribution is 2.36. The number of halogens is 1. The van der Waals surface area contributed by atoms with Crippen molar-refractivity contribution in [1.29, 1.82) is 0 Å². The van der Waals surface area contributed by atoms with Crippen LogP contribution in [0.5, 0.6) is 23.0 Å². The lowest BCUT2D eigenvalue weighted by Crippen LogP contribution is -2.45. The molecule has 2 amide bonds. The zero-order valence-electron chi connectivity index (χ0n) is 27.9. The Kier molecular flexibility index (Phi) is 13.3. The number of methoxy groups -OCH3 is 1. The predicted octanol–water partition coefficient (Wildman–Crippen LogP) is 5.57. The molecule has 4 rings (SSSR count). The van der Waals surface area contributed by atoms with Crippen molar-refractivity contribution >= 4 is 29.8 Å². The Balaban J connectivity index is 1.44. The van der Waals surface area contributed by atoms with Gasteiger partial charge in [-0.2, -0.15) is 5.10 Å². The third-order valence-corrected chi connectivity index (χ3v) is 7.63. The van der Waals surface area contributed by atoms with E-state index in [0.29, 0.717) is 64.5 Å². The number of esters is 1. The minimum atomic E-state index is -1.18. The van der Waals surface area contributed by atoms with Crippen LogP contribution >= 0.6 is 11.6 Å². The number of carbonyl (C=O) groups is 2. The number of rotatable bonds is 17. The van der Waals surface area contributed by atoms with E-state index in [2.05, 4.69) is 27.7 Å². The minimum Gasteiger partial charge on any atom is -0.490 e. The van der Waals surface area contributed by atoms with Gasteiger partial charge in [0.1, 0.15) is 13.2 Å². The van der Waals surface area contributed by atoms with Crippen LogP contribution in [0.25, 0.3) is 0 Å². The number of ether oxygens (including phenoxy) is 5. The summed E-state index contributed by atoms with van der Waals surface area (Å²) < 4.78 is 28.7. The zero-order valence-corrected chi connectivity index (χ0v) is 28.6. The van der Waals surface area contributed by atoms with Crippen LogP contribution in [0.15, 0.2) is 83.6 Å². The van der Waals surface area contributed by atoms with Crippen molar-refractivity contribution in [2.75, 3.05) is 26.9 Å². The lowest BCUT2D eigenvalue weighted by Gasteiger charge is -2.28. The summed E-state index contributed by atoms with van der Waals surface area (Å²) in [7, 11) is 1.27. The summed E-state index contributed by atoms with van der Waals surface area (Å²) in [6, 6.07) is 15.0. The molecule has 0 unspecified atom stereocenters. The Labute approximate surface area is 290 Å². The Bertz CT molecular complexity index is 1710. The maximum absolute atomic E-state index is 12.5. The molecule has 3 aromatic rings. The summed E-state index contributed by atoms with van der Waals surface area (Å²) >= 11 is 6.33. The van der Waals surface area contributed by atoms with Crippen LogP contribution in [0.4, 0.5) is 4.79 Å². The Morgan fingerprint density at radius 1 is 1.04 bits per heavy atom. The lowest BCUT2D eigenvalue weighted by molar-refractivity contribution is -0.136. The number of urea groups is 1. The number of benzene rings is 3. The van der Waals surface area contributed by atoms with E-state index in [9.17, 15) is 14.7 Å². The predicted molar refractivity (Wildman–Crippen MR) is 186 cm³/mol. The third kappa shape index (κ3) is 9.68. The van der Waals surface area contributed by atoms with Gasteiger partial charge in [-0.1, -0.05) is 41.9 Å². The molecule has 0 saturated heterocycles. The second kappa shape index (κ2) is 17.8. The quantitative estimate of drug-likeness (QED) is 0.0469. The van der Waals surface area contributed by atoms with Crippen molar-refractivity contribution in [2.45, 2.75) is 46.1 Å². The number of aliphatic hydroxyl groups is 1. The number of carbonyl (C=O) groups excluding carboxylic acids is 2. The number of amides is 2. The Hall–Kier alpha value is -5.20. The molecule has 260 valence electrons. The molecule has 0 aliphatic carbocycles. The van der Waals surface area contributed by atoms with Crippen LogP contribution in [0, 0.1) is 0 Å². The first kappa shape index (κ1) is 36.6. The first-order valence-corrected chi connectivity index (χ1v) is 16.1. The van der Waals surface area contributed by atoms with E-state index in [4.69, 9.17) is 35.3 Å². The molecule has 1 aliphatic rings. The molecule has 12 nitrogen and oxygen atoms in total. The topological polar surface area (TPSA) is 149 Å². The second-order valence-electron chi connectivity index (χ2n) is 10.7. The molecule has 3 aromatic carbocycles. The van der Waals surface area contributed by atoms with E-state index in [1.165, 1.54) is 7.11 Å². The van der Waals surface area contributed by atoms with E-state index in [0.717, 1.165) is 11.1 Å². The van der Waals surface area contributed by atoms with Crippen LogP contribution < -0.4 is 35.0 Å². The van der Waals surface area contributed by atoms with Gasteiger partial charge in [0.2, 0.25) is 0 Å². The fourth-order valence-corrected chi connectivity index (χ4v) is 5.27. The number of hydrazone groups is 1. The number of nitrogens with zero attached hydrogens (tertiary/aromatic N) is 1. The fraction of sp³-hybridized carbons (Fsp3) is 0.306. The van der Waals surface area contributed by atoms with E-state index in [1.54, 1.807) is 43.5 Å². The van der Waals surface area contributed by atoms with Crippen LogP contribution in [-0.2, 0) is 22.6 Å². The molecule has 1 heterocycles. The van der Waals surface area contributed by atoms with Crippen molar-refractivity contribution in [1.82, 2.24) is 16.1 Å². The standard InChI is InChI=1S/C36H41ClN4O8/c1-6-11-25-16-23(17-30(47-8-3)34(25)49-20-26-12-9-10-13-27(26)37)19-38-41-31(42)21-48-28-15-14-24(18-29(28)46-7-2)33-32(35(43)45-5)22(4)39-36(44)40-33/h6,9-10,12-19,31,33,41-42H,1,7-8,11,20-21H2,2-5H3,(H2,39,40,44)/b38-19-/t31-,33-/m1/s1. The van der Waals surface area contributed by atoms with Crippen molar-refractivity contribution in [2.24, 2.45) is 5.10 Å². The SMILES string of the molecule is C=CCc1cc(/C=N\N[C@H](O)COc2ccc([C@H]3NC(=O)NC(C)=C3C(=O)OC)cc2OCC)cc(OCC)c1OCc1ccccc1Cl. The van der Waals surface area contributed by atoms with Gasteiger partial charge in [-0.05, 0) is 68.7 Å². The smallest absolute Gasteiger partial charge is 0.337 e. The maximum Gasteiger partial charge on any atom is 0.337 e. The highest BCUT2D eigenvalue weighted by Gasteiger charge is 2.32. The third-order valence-electron chi connectivity index (χ3n) is 7.26. The van der Waals surface area contributed by atoms with Crippen molar-refractivity contribution < 1.29 is 38.4 Å². The molecule has 4 N–H and O–H groups in total. The highest BCUT2D eigenvalue weighted by molar-refractivity contribution is 6.31. The lowest BCUT2D eigenvalue weighted by atomic mass is 9.95. The van der Waals surface area contributed by atoms with Gasteiger partial charge in [0, 0.05) is 21.8 Å². The number of hydrogen-bond acceptors (Lipinski definition) is 10. The number of aliphatic hydroxyl groups excluding tert-OH is 1. The van der Waals surface area contributed by atoms with Crippen molar-refractivity contribution in [3.63, 3.8) is 0 Å². The first-order valence-electron chi connectivity index (χ1n) is 15.7. The molecule has 0 spiro atoms. The van der Waals surface area contributed by atoms with Crippen molar-refractivity contribution in [3.8, 4) is 23.0 Å². The zero-order chi connectivity index (χ0) is 35.3. The van der Waals surface area contributed by atoms with Gasteiger partial charge in [-0.15, -0.1) is 6.58 Å². The van der Waals surface area contributed by atoms with E-state index < -0.39 is 24.3 Å². The minimum absolute atomic E-state index is 0.173. The molecule has 0 radical (unpaired) electrons. The average molecular weight is 693 g/mol. The van der Waals surface area contributed by atoms with Gasteiger partial charge in [-0.25, -0.2) is 9.59 Å². The number of allylic oxidation sites excluding steroid dienone is 2. The second-order valence-corrected chi connectivity index (χ2v) is 11.1. The molecule has 1 aliphatic heterocycles. The number of nitrogens with one attached hydrogen (secondary N) is 3.